The molecule has 1 saturated heterocycles. The van der Waals surface area contributed by atoms with Crippen molar-refractivity contribution in [2.75, 3.05) is 25.0 Å². The quantitative estimate of drug-likeness (QED) is 0.909. The van der Waals surface area contributed by atoms with Crippen LogP contribution in [-0.4, -0.2) is 42.6 Å². The van der Waals surface area contributed by atoms with E-state index in [0.717, 1.165) is 30.8 Å². The Morgan fingerprint density at radius 3 is 2.40 bits per heavy atom. The minimum atomic E-state index is 0.0295. The largest absolute Gasteiger partial charge is 0.373 e. The maximum Gasteiger partial charge on any atom is 0.238 e. The van der Waals surface area contributed by atoms with Crippen LogP contribution >= 0.6 is 0 Å². The van der Waals surface area contributed by atoms with Gasteiger partial charge in [-0.1, -0.05) is 48.5 Å². The first-order valence-electron chi connectivity index (χ1n) is 8.89. The van der Waals surface area contributed by atoms with Crippen LogP contribution in [0.25, 0.3) is 0 Å². The van der Waals surface area contributed by atoms with Gasteiger partial charge in [-0.05, 0) is 37.5 Å². The van der Waals surface area contributed by atoms with E-state index in [0.29, 0.717) is 6.54 Å². The second-order valence-corrected chi connectivity index (χ2v) is 6.82. The Balaban J connectivity index is 1.63. The molecular formula is C21H26N2O2. The molecule has 0 spiro atoms. The number of hydrogen-bond acceptors (Lipinski definition) is 3. The van der Waals surface area contributed by atoms with E-state index < -0.39 is 0 Å². The first-order valence-corrected chi connectivity index (χ1v) is 8.89. The number of hydrogen-bond donors (Lipinski definition) is 1. The molecule has 0 unspecified atom stereocenters. The van der Waals surface area contributed by atoms with Crippen molar-refractivity contribution in [3.05, 3.63) is 65.7 Å². The zero-order valence-electron chi connectivity index (χ0n) is 14.9. The van der Waals surface area contributed by atoms with Gasteiger partial charge in [0.2, 0.25) is 5.91 Å². The zero-order chi connectivity index (χ0) is 17.6. The van der Waals surface area contributed by atoms with E-state index in [9.17, 15) is 4.79 Å². The lowest BCUT2D eigenvalue weighted by atomic mass is 10.0. The van der Waals surface area contributed by atoms with Gasteiger partial charge in [-0.25, -0.2) is 0 Å². The van der Waals surface area contributed by atoms with Gasteiger partial charge < -0.3 is 10.1 Å². The molecule has 1 fully saturated rings. The normalized spacial score (nSPS) is 21.0. The average molecular weight is 338 g/mol. The van der Waals surface area contributed by atoms with Crippen molar-refractivity contribution in [2.24, 2.45) is 0 Å². The molecule has 0 bridgehead atoms. The van der Waals surface area contributed by atoms with Crippen molar-refractivity contribution in [3.63, 3.8) is 0 Å². The number of anilines is 1. The first-order chi connectivity index (χ1) is 12.1. The second kappa shape index (κ2) is 8.28. The summed E-state index contributed by atoms with van der Waals surface area (Å²) < 4.78 is 5.73. The van der Waals surface area contributed by atoms with Crippen LogP contribution in [0.3, 0.4) is 0 Å². The van der Waals surface area contributed by atoms with Crippen LogP contribution in [-0.2, 0) is 16.0 Å². The number of nitrogens with one attached hydrogen (secondary N) is 1. The minimum absolute atomic E-state index is 0.0295. The summed E-state index contributed by atoms with van der Waals surface area (Å²) in [6.45, 7) is 6.09. The molecule has 2 aromatic carbocycles. The molecule has 1 heterocycles. The maximum atomic E-state index is 12.5. The number of carbonyl (C=O) groups excluding carboxylic acids is 1. The fourth-order valence-electron chi connectivity index (χ4n) is 3.42. The highest BCUT2D eigenvalue weighted by atomic mass is 16.5. The number of rotatable bonds is 5. The van der Waals surface area contributed by atoms with Gasteiger partial charge in [0.25, 0.3) is 0 Å². The summed E-state index contributed by atoms with van der Waals surface area (Å²) >= 11 is 0. The van der Waals surface area contributed by atoms with Gasteiger partial charge in [0, 0.05) is 18.8 Å². The van der Waals surface area contributed by atoms with Gasteiger partial charge in [-0.2, -0.15) is 0 Å². The summed E-state index contributed by atoms with van der Waals surface area (Å²) in [4.78, 5) is 14.7. The molecule has 4 nitrogen and oxygen atoms in total. The standard InChI is InChI=1S/C21H26N2O2/c1-16-13-23(14-17(2)25-16)15-21(24)22-20-11-7-6-10-19(20)12-18-8-4-3-5-9-18/h3-11,16-17H,12-15H2,1-2H3,(H,22,24)/t16-,17-/m1/s1. The molecule has 1 N–H and O–H groups in total. The van der Waals surface area contributed by atoms with Crippen molar-refractivity contribution in [1.29, 1.82) is 0 Å². The lowest BCUT2D eigenvalue weighted by Crippen LogP contribution is -2.48. The van der Waals surface area contributed by atoms with E-state index in [1.54, 1.807) is 0 Å². The van der Waals surface area contributed by atoms with Crippen molar-refractivity contribution in [2.45, 2.75) is 32.5 Å². The number of para-hydroxylation sites is 1. The van der Waals surface area contributed by atoms with Crippen LogP contribution in [0.5, 0.6) is 0 Å². The summed E-state index contributed by atoms with van der Waals surface area (Å²) in [6.07, 6.45) is 1.15. The Bertz CT molecular complexity index is 692. The monoisotopic (exact) mass is 338 g/mol. The molecule has 0 saturated carbocycles. The molecule has 0 radical (unpaired) electrons. The predicted octanol–water partition coefficient (Wildman–Crippen LogP) is 3.33. The van der Waals surface area contributed by atoms with Crippen molar-refractivity contribution >= 4 is 11.6 Å². The lowest BCUT2D eigenvalue weighted by Gasteiger charge is -2.34. The third-order valence-electron chi connectivity index (χ3n) is 4.39. The molecule has 3 rings (SSSR count). The SMILES string of the molecule is C[C@@H]1CN(CC(=O)Nc2ccccc2Cc2ccccc2)C[C@@H](C)O1. The van der Waals surface area contributed by atoms with Crippen LogP contribution in [0.15, 0.2) is 54.6 Å². The average Bonchev–Trinajstić information content (AvgIpc) is 2.56. The summed E-state index contributed by atoms with van der Waals surface area (Å²) in [5, 5.41) is 3.09. The van der Waals surface area contributed by atoms with E-state index in [-0.39, 0.29) is 18.1 Å². The van der Waals surface area contributed by atoms with Crippen LogP contribution in [0.1, 0.15) is 25.0 Å². The van der Waals surface area contributed by atoms with Crippen molar-refractivity contribution in [1.82, 2.24) is 4.90 Å². The molecule has 0 aliphatic carbocycles. The third kappa shape index (κ3) is 5.15. The number of benzene rings is 2. The maximum absolute atomic E-state index is 12.5. The summed E-state index contributed by atoms with van der Waals surface area (Å²) in [5.74, 6) is 0.0295. The highest BCUT2D eigenvalue weighted by Crippen LogP contribution is 2.19. The molecule has 1 aliphatic rings. The molecule has 1 aliphatic heterocycles. The highest BCUT2D eigenvalue weighted by molar-refractivity contribution is 5.93. The molecular weight excluding hydrogens is 312 g/mol. The van der Waals surface area contributed by atoms with Gasteiger partial charge in [-0.15, -0.1) is 0 Å². The molecule has 25 heavy (non-hydrogen) atoms. The Hall–Kier alpha value is -2.17. The Morgan fingerprint density at radius 1 is 1.04 bits per heavy atom. The number of carbonyl (C=O) groups is 1. The van der Waals surface area contributed by atoms with Gasteiger partial charge >= 0.3 is 0 Å². The van der Waals surface area contributed by atoms with E-state index >= 15 is 0 Å². The molecule has 2 aromatic rings. The molecule has 0 aromatic heterocycles. The van der Waals surface area contributed by atoms with Gasteiger partial charge in [0.15, 0.2) is 0 Å². The second-order valence-electron chi connectivity index (χ2n) is 6.82. The topological polar surface area (TPSA) is 41.6 Å². The van der Waals surface area contributed by atoms with Crippen LogP contribution < -0.4 is 5.32 Å². The highest BCUT2D eigenvalue weighted by Gasteiger charge is 2.23. The molecule has 132 valence electrons. The van der Waals surface area contributed by atoms with Crippen LogP contribution in [0, 0.1) is 0 Å². The fraction of sp³-hybridized carbons (Fsp3) is 0.381. The van der Waals surface area contributed by atoms with Crippen molar-refractivity contribution < 1.29 is 9.53 Å². The number of morpholine rings is 1. The Kier molecular flexibility index (Phi) is 5.84. The summed E-state index contributed by atoms with van der Waals surface area (Å²) in [5.41, 5.74) is 3.26. The van der Waals surface area contributed by atoms with E-state index in [1.165, 1.54) is 5.56 Å². The molecule has 2 atom stereocenters. The number of ether oxygens (including phenoxy) is 1. The summed E-state index contributed by atoms with van der Waals surface area (Å²) in [6, 6.07) is 18.3. The lowest BCUT2D eigenvalue weighted by molar-refractivity contribution is -0.121. The number of amides is 1. The fourth-order valence-corrected chi connectivity index (χ4v) is 3.42. The van der Waals surface area contributed by atoms with E-state index in [4.69, 9.17) is 4.74 Å². The Morgan fingerprint density at radius 2 is 1.68 bits per heavy atom. The molecule has 4 heteroatoms. The van der Waals surface area contributed by atoms with E-state index in [1.807, 2.05) is 36.4 Å². The summed E-state index contributed by atoms with van der Waals surface area (Å²) in [7, 11) is 0. The Labute approximate surface area is 149 Å². The predicted molar refractivity (Wildman–Crippen MR) is 101 cm³/mol. The minimum Gasteiger partial charge on any atom is -0.373 e. The zero-order valence-corrected chi connectivity index (χ0v) is 14.9. The van der Waals surface area contributed by atoms with Crippen LogP contribution in [0.2, 0.25) is 0 Å². The van der Waals surface area contributed by atoms with Gasteiger partial charge in [0.1, 0.15) is 0 Å². The number of nitrogens with zero attached hydrogens (tertiary/aromatic N) is 1. The van der Waals surface area contributed by atoms with Gasteiger partial charge in [0.05, 0.1) is 18.8 Å². The van der Waals surface area contributed by atoms with Gasteiger partial charge in [-0.3, -0.25) is 9.69 Å². The van der Waals surface area contributed by atoms with Crippen molar-refractivity contribution in [3.8, 4) is 0 Å². The van der Waals surface area contributed by atoms with Crippen LogP contribution in [0.4, 0.5) is 5.69 Å². The third-order valence-corrected chi connectivity index (χ3v) is 4.39. The van der Waals surface area contributed by atoms with E-state index in [2.05, 4.69) is 42.3 Å². The smallest absolute Gasteiger partial charge is 0.238 e. The first kappa shape index (κ1) is 17.6. The molecule has 1 amide bonds.